The average Bonchev–Trinajstić information content (AvgIpc) is 2.74. The number of hydrogen-bond acceptors (Lipinski definition) is 3. The summed E-state index contributed by atoms with van der Waals surface area (Å²) in [5, 5.41) is 9.33. The normalized spacial score (nSPS) is 14.7. The summed E-state index contributed by atoms with van der Waals surface area (Å²) < 4.78 is 1.53. The van der Waals surface area contributed by atoms with Gasteiger partial charge in [-0.3, -0.25) is 0 Å². The van der Waals surface area contributed by atoms with Crippen molar-refractivity contribution in [2.75, 3.05) is 39.3 Å². The van der Waals surface area contributed by atoms with Crippen LogP contribution in [0.25, 0.3) is 0 Å². The Morgan fingerprint density at radius 1 is 0.615 bits per heavy atom. The zero-order valence-corrected chi connectivity index (χ0v) is 21.3. The minimum absolute atomic E-state index is 0.314. The summed E-state index contributed by atoms with van der Waals surface area (Å²) in [6, 6.07) is 0. The Morgan fingerprint density at radius 3 is 0.923 bits per heavy atom. The molecule has 0 amide bonds. The summed E-state index contributed by atoms with van der Waals surface area (Å²) in [5.74, 6) is 0. The van der Waals surface area contributed by atoms with Gasteiger partial charge in [0.1, 0.15) is 0 Å². The Labute approximate surface area is 177 Å². The first-order valence-corrected chi connectivity index (χ1v) is 11.1. The fourth-order valence-electron chi connectivity index (χ4n) is 2.34. The van der Waals surface area contributed by atoms with Crippen LogP contribution < -0.4 is 16.0 Å². The maximum atomic E-state index is 3.11. The largest absolute Gasteiger partial charge is 0.317 e. The van der Waals surface area contributed by atoms with Gasteiger partial charge in [0.25, 0.3) is 0 Å². The second kappa shape index (κ2) is 19.8. The smallest absolute Gasteiger partial charge is 0.00775 e. The fraction of sp³-hybridized carbons (Fsp3) is 0.818. The van der Waals surface area contributed by atoms with Gasteiger partial charge < -0.3 is 16.0 Å². The molecule has 0 saturated carbocycles. The third-order valence-corrected chi connectivity index (χ3v) is 6.12. The summed E-state index contributed by atoms with van der Waals surface area (Å²) in [7, 11) is 0. The molecule has 0 atom stereocenters. The van der Waals surface area contributed by atoms with Crippen molar-refractivity contribution >= 4 is 0 Å². The van der Waals surface area contributed by atoms with Crippen molar-refractivity contribution in [1.29, 1.82) is 0 Å². The molecule has 0 heterocycles. The van der Waals surface area contributed by atoms with Crippen molar-refractivity contribution in [2.45, 2.75) is 76.2 Å². The van der Waals surface area contributed by atoms with E-state index in [0.717, 1.165) is 39.3 Å². The molecule has 0 spiro atoms. The van der Waals surface area contributed by atoms with Crippen LogP contribution >= 0.6 is 0 Å². The molecule has 0 aromatic heterocycles. The van der Waals surface area contributed by atoms with Gasteiger partial charge in [0.15, 0.2) is 0 Å². The minimum Gasteiger partial charge on any atom is -0.317 e. The molecular formula is C22H48N3Ti. The van der Waals surface area contributed by atoms with E-state index in [0.29, 0.717) is 5.41 Å². The van der Waals surface area contributed by atoms with Crippen LogP contribution in [-0.4, -0.2) is 39.3 Å². The van der Waals surface area contributed by atoms with Gasteiger partial charge in [-0.1, -0.05) is 41.5 Å². The monoisotopic (exact) mass is 402 g/mol. The van der Waals surface area contributed by atoms with Gasteiger partial charge in [-0.2, -0.15) is 0 Å². The zero-order chi connectivity index (χ0) is 21.2. The van der Waals surface area contributed by atoms with Gasteiger partial charge in [-0.05, 0) is 39.3 Å². The third-order valence-electron chi connectivity index (χ3n) is 4.56. The molecule has 0 bridgehead atoms. The van der Waals surface area contributed by atoms with E-state index in [2.05, 4.69) is 113 Å². The summed E-state index contributed by atoms with van der Waals surface area (Å²) >= 11 is 2.25. The first-order chi connectivity index (χ1) is 12.1. The summed E-state index contributed by atoms with van der Waals surface area (Å²) in [5.41, 5.74) is 4.83. The van der Waals surface area contributed by atoms with Crippen LogP contribution in [0.2, 0.25) is 0 Å². The van der Waals surface area contributed by atoms with Gasteiger partial charge >= 0.3 is 81.1 Å². The molecule has 0 aliphatic heterocycles. The van der Waals surface area contributed by atoms with E-state index in [1.807, 2.05) is 0 Å². The zero-order valence-electron chi connectivity index (χ0n) is 19.7. The molecule has 0 unspecified atom stereocenters. The van der Waals surface area contributed by atoms with E-state index < -0.39 is 0 Å². The second-order valence-corrected chi connectivity index (χ2v) is 7.53. The van der Waals surface area contributed by atoms with Crippen LogP contribution in [0.3, 0.4) is 0 Å². The van der Waals surface area contributed by atoms with Gasteiger partial charge in [-0.15, -0.1) is 0 Å². The quantitative estimate of drug-likeness (QED) is 0.546. The molecule has 4 heteroatoms. The van der Waals surface area contributed by atoms with Crippen molar-refractivity contribution in [3.05, 3.63) is 20.6 Å². The Balaban J connectivity index is -0.000000300. The molecule has 26 heavy (non-hydrogen) atoms. The van der Waals surface area contributed by atoms with Gasteiger partial charge in [0.05, 0.1) is 0 Å². The predicted molar refractivity (Wildman–Crippen MR) is 118 cm³/mol. The molecule has 1 aliphatic carbocycles. The molecule has 155 valence electrons. The summed E-state index contributed by atoms with van der Waals surface area (Å²) in [6.45, 7) is 30.5. The molecule has 0 aromatic rings. The molecule has 0 saturated heterocycles. The second-order valence-electron chi connectivity index (χ2n) is 6.75. The van der Waals surface area contributed by atoms with Crippen molar-refractivity contribution in [2.24, 2.45) is 5.41 Å². The van der Waals surface area contributed by atoms with Crippen molar-refractivity contribution in [3.8, 4) is 0 Å². The first kappa shape index (κ1) is 30.8. The van der Waals surface area contributed by atoms with Crippen LogP contribution in [0.15, 0.2) is 20.6 Å². The Kier molecular flexibility index (Phi) is 23.5. The average molecular weight is 403 g/mol. The van der Waals surface area contributed by atoms with Gasteiger partial charge in [0.2, 0.25) is 0 Å². The first-order valence-electron chi connectivity index (χ1n) is 10.4. The topological polar surface area (TPSA) is 36.1 Å². The minimum atomic E-state index is 0.314. The van der Waals surface area contributed by atoms with Gasteiger partial charge in [0, 0.05) is 0 Å². The third kappa shape index (κ3) is 14.2. The molecule has 3 nitrogen and oxygen atoms in total. The number of nitrogens with one attached hydrogen (secondary N) is 3. The molecule has 0 radical (unpaired) electrons. The Bertz CT molecular complexity index is 339. The summed E-state index contributed by atoms with van der Waals surface area (Å²) in [6.07, 6.45) is 0. The van der Waals surface area contributed by atoms with E-state index in [4.69, 9.17) is 0 Å². The molecule has 3 N–H and O–H groups in total. The van der Waals surface area contributed by atoms with Gasteiger partial charge in [-0.25, -0.2) is 0 Å². The van der Waals surface area contributed by atoms with Crippen molar-refractivity contribution < 1.29 is 20.4 Å². The molecule has 1 aliphatic rings. The maximum Gasteiger partial charge on any atom is -0.00775 e. The number of allylic oxidation sites excluding steroid dienone is 4. The SMILES string of the molecule is CC1=C(C)C(C)(C)[C]([Ti])=C1C.CCNCC.CCNCC.CCNCC. The van der Waals surface area contributed by atoms with Crippen molar-refractivity contribution in [1.82, 2.24) is 16.0 Å². The Morgan fingerprint density at radius 2 is 0.885 bits per heavy atom. The van der Waals surface area contributed by atoms with Crippen LogP contribution in [-0.2, 0) is 20.4 Å². The van der Waals surface area contributed by atoms with E-state index in [-0.39, 0.29) is 0 Å². The fourth-order valence-corrected chi connectivity index (χ4v) is 2.93. The molecule has 0 aromatic carbocycles. The van der Waals surface area contributed by atoms with Crippen LogP contribution in [0.5, 0.6) is 0 Å². The van der Waals surface area contributed by atoms with E-state index >= 15 is 0 Å². The standard InChI is InChI=1S/C10H15.3C4H11N.Ti/c1-7-6-10(4,5)9(3)8(7)2;3*1-3-5-4-2;/h1-5H3;3*5H,3-4H2,1-2H3;. The summed E-state index contributed by atoms with van der Waals surface area (Å²) in [4.78, 5) is 0. The maximum absolute atomic E-state index is 3.11. The number of rotatable bonds is 6. The van der Waals surface area contributed by atoms with E-state index in [1.54, 1.807) is 0 Å². The Hall–Kier alpha value is 0.0743. The van der Waals surface area contributed by atoms with E-state index in [9.17, 15) is 0 Å². The predicted octanol–water partition coefficient (Wildman–Crippen LogP) is 5.03. The van der Waals surface area contributed by atoms with Crippen LogP contribution in [0, 0.1) is 5.41 Å². The van der Waals surface area contributed by atoms with E-state index in [1.165, 1.54) is 20.6 Å². The van der Waals surface area contributed by atoms with Crippen LogP contribution in [0.4, 0.5) is 0 Å². The van der Waals surface area contributed by atoms with Crippen molar-refractivity contribution in [3.63, 3.8) is 0 Å². The molecule has 0 fully saturated rings. The van der Waals surface area contributed by atoms with Crippen LogP contribution in [0.1, 0.15) is 76.2 Å². The molecular weight excluding hydrogens is 354 g/mol. The number of hydrogen-bond donors (Lipinski definition) is 3. The molecule has 1 rings (SSSR count).